The molecule has 0 aliphatic carbocycles. The van der Waals surface area contributed by atoms with Crippen molar-refractivity contribution in [2.75, 3.05) is 20.2 Å². The van der Waals surface area contributed by atoms with E-state index in [1.165, 1.54) is 0 Å². The van der Waals surface area contributed by atoms with Crippen molar-refractivity contribution in [3.63, 3.8) is 0 Å². The molecular weight excluding hydrogens is 290 g/mol. The zero-order chi connectivity index (χ0) is 15.4. The van der Waals surface area contributed by atoms with Crippen molar-refractivity contribution >= 4 is 17.6 Å². The fourth-order valence-electron chi connectivity index (χ4n) is 2.75. The number of carbonyl (C=O) groups is 1. The second kappa shape index (κ2) is 7.00. The molecule has 1 aromatic carbocycles. The number of nitrogens with zero attached hydrogens (tertiary/aromatic N) is 1. The number of amides is 2. The highest BCUT2D eigenvalue weighted by atomic mass is 35.5. The topological polar surface area (TPSA) is 67.6 Å². The van der Waals surface area contributed by atoms with Gasteiger partial charge in [-0.05, 0) is 38.0 Å². The van der Waals surface area contributed by atoms with Gasteiger partial charge in [0.1, 0.15) is 5.75 Å². The van der Waals surface area contributed by atoms with Gasteiger partial charge in [-0.2, -0.15) is 0 Å². The summed E-state index contributed by atoms with van der Waals surface area (Å²) in [7, 11) is 1.66. The van der Waals surface area contributed by atoms with Crippen molar-refractivity contribution in [2.45, 2.75) is 31.8 Å². The molecule has 1 aliphatic heterocycles. The molecule has 0 saturated carbocycles. The molecule has 1 unspecified atom stereocenters. The summed E-state index contributed by atoms with van der Waals surface area (Å²) in [4.78, 5) is 12.8. The van der Waals surface area contributed by atoms with Gasteiger partial charge in [0.05, 0.1) is 7.11 Å². The number of piperidine rings is 1. The highest BCUT2D eigenvalue weighted by Gasteiger charge is 2.23. The number of nitrogens with one attached hydrogen (secondary N) is 1. The van der Waals surface area contributed by atoms with Crippen LogP contribution in [0.15, 0.2) is 18.2 Å². The van der Waals surface area contributed by atoms with Crippen LogP contribution < -0.4 is 15.8 Å². The Labute approximate surface area is 130 Å². The molecule has 0 radical (unpaired) electrons. The standard InChI is InChI=1S/C15H22ClN3O2/c1-10(13-9-11(16)3-4-14(13)21-2)18-12-5-7-19(8-6-12)15(17)20/h3-4,9-10,12,18H,5-8H2,1-2H3,(H2,17,20). The van der Waals surface area contributed by atoms with Crippen molar-refractivity contribution in [1.29, 1.82) is 0 Å². The summed E-state index contributed by atoms with van der Waals surface area (Å²) < 4.78 is 5.39. The van der Waals surface area contributed by atoms with Crippen LogP contribution in [0.3, 0.4) is 0 Å². The third kappa shape index (κ3) is 4.02. The maximum absolute atomic E-state index is 11.1. The number of ether oxygens (including phenoxy) is 1. The number of primary amides is 1. The van der Waals surface area contributed by atoms with Crippen LogP contribution >= 0.6 is 11.6 Å². The second-order valence-electron chi connectivity index (χ2n) is 5.37. The minimum Gasteiger partial charge on any atom is -0.496 e. The molecule has 6 heteroatoms. The Bertz CT molecular complexity index is 502. The molecule has 3 N–H and O–H groups in total. The molecule has 1 atom stereocenters. The summed E-state index contributed by atoms with van der Waals surface area (Å²) in [6, 6.07) is 5.78. The van der Waals surface area contributed by atoms with Crippen LogP contribution in [-0.2, 0) is 0 Å². The average molecular weight is 312 g/mol. The van der Waals surface area contributed by atoms with Gasteiger partial charge in [0.15, 0.2) is 0 Å². The molecule has 116 valence electrons. The SMILES string of the molecule is COc1ccc(Cl)cc1C(C)NC1CCN(C(N)=O)CC1. The number of benzene rings is 1. The molecule has 0 aromatic heterocycles. The van der Waals surface area contributed by atoms with Crippen molar-refractivity contribution < 1.29 is 9.53 Å². The molecule has 1 aromatic rings. The third-order valence-corrected chi connectivity index (χ3v) is 4.19. The fourth-order valence-corrected chi connectivity index (χ4v) is 2.93. The monoisotopic (exact) mass is 311 g/mol. The fraction of sp³-hybridized carbons (Fsp3) is 0.533. The number of hydrogen-bond acceptors (Lipinski definition) is 3. The number of hydrogen-bond donors (Lipinski definition) is 2. The summed E-state index contributed by atoms with van der Waals surface area (Å²) in [6.45, 7) is 3.49. The number of methoxy groups -OCH3 is 1. The van der Waals surface area contributed by atoms with E-state index in [0.717, 1.165) is 24.2 Å². The Morgan fingerprint density at radius 3 is 2.71 bits per heavy atom. The summed E-state index contributed by atoms with van der Waals surface area (Å²) in [6.07, 6.45) is 1.80. The van der Waals surface area contributed by atoms with E-state index in [4.69, 9.17) is 22.1 Å². The normalized spacial score (nSPS) is 17.6. The van der Waals surface area contributed by atoms with E-state index in [1.807, 2.05) is 18.2 Å². The minimum atomic E-state index is -0.335. The molecule has 21 heavy (non-hydrogen) atoms. The summed E-state index contributed by atoms with van der Waals surface area (Å²) >= 11 is 6.07. The molecule has 0 bridgehead atoms. The third-order valence-electron chi connectivity index (χ3n) is 3.95. The number of nitrogens with two attached hydrogens (primary N) is 1. The second-order valence-corrected chi connectivity index (χ2v) is 5.81. The minimum absolute atomic E-state index is 0.128. The first-order valence-corrected chi connectivity index (χ1v) is 7.53. The molecule has 1 fully saturated rings. The highest BCUT2D eigenvalue weighted by molar-refractivity contribution is 6.30. The number of urea groups is 1. The highest BCUT2D eigenvalue weighted by Crippen LogP contribution is 2.29. The first-order valence-electron chi connectivity index (χ1n) is 7.15. The number of likely N-dealkylation sites (tertiary alicyclic amines) is 1. The van der Waals surface area contributed by atoms with Crippen LogP contribution in [0.2, 0.25) is 5.02 Å². The quantitative estimate of drug-likeness (QED) is 0.898. The number of halogens is 1. The smallest absolute Gasteiger partial charge is 0.314 e. The maximum Gasteiger partial charge on any atom is 0.314 e. The number of carbonyl (C=O) groups excluding carboxylic acids is 1. The molecule has 1 saturated heterocycles. The van der Waals surface area contributed by atoms with Gasteiger partial charge in [0, 0.05) is 35.8 Å². The van der Waals surface area contributed by atoms with E-state index in [2.05, 4.69) is 12.2 Å². The average Bonchev–Trinajstić information content (AvgIpc) is 2.47. The Morgan fingerprint density at radius 2 is 2.14 bits per heavy atom. The Hall–Kier alpha value is -1.46. The van der Waals surface area contributed by atoms with E-state index in [-0.39, 0.29) is 12.1 Å². The van der Waals surface area contributed by atoms with E-state index < -0.39 is 0 Å². The van der Waals surface area contributed by atoms with Crippen LogP contribution in [0.5, 0.6) is 5.75 Å². The van der Waals surface area contributed by atoms with Gasteiger partial charge in [-0.3, -0.25) is 0 Å². The van der Waals surface area contributed by atoms with Gasteiger partial charge in [0.25, 0.3) is 0 Å². The van der Waals surface area contributed by atoms with Crippen molar-refractivity contribution in [3.05, 3.63) is 28.8 Å². The number of rotatable bonds is 4. The Morgan fingerprint density at radius 1 is 1.48 bits per heavy atom. The van der Waals surface area contributed by atoms with Gasteiger partial charge in [-0.1, -0.05) is 11.6 Å². The molecule has 1 aliphatic rings. The van der Waals surface area contributed by atoms with Crippen molar-refractivity contribution in [3.8, 4) is 5.75 Å². The predicted octanol–water partition coefficient (Wildman–Crippen LogP) is 2.54. The van der Waals surface area contributed by atoms with Gasteiger partial charge in [-0.25, -0.2) is 4.79 Å². The lowest BCUT2D eigenvalue weighted by molar-refractivity contribution is 0.183. The maximum atomic E-state index is 11.1. The van der Waals surface area contributed by atoms with E-state index in [1.54, 1.807) is 12.0 Å². The van der Waals surface area contributed by atoms with E-state index in [0.29, 0.717) is 24.2 Å². The van der Waals surface area contributed by atoms with Gasteiger partial charge < -0.3 is 20.7 Å². The zero-order valence-electron chi connectivity index (χ0n) is 12.4. The molecule has 2 amide bonds. The van der Waals surface area contributed by atoms with Gasteiger partial charge in [0.2, 0.25) is 0 Å². The zero-order valence-corrected chi connectivity index (χ0v) is 13.2. The summed E-state index contributed by atoms with van der Waals surface area (Å²) in [5.74, 6) is 0.828. The van der Waals surface area contributed by atoms with Gasteiger partial charge >= 0.3 is 6.03 Å². The van der Waals surface area contributed by atoms with Crippen molar-refractivity contribution in [2.24, 2.45) is 5.73 Å². The van der Waals surface area contributed by atoms with Crippen LogP contribution in [0.25, 0.3) is 0 Å². The summed E-state index contributed by atoms with van der Waals surface area (Å²) in [5.41, 5.74) is 6.34. The Balaban J connectivity index is 1.98. The van der Waals surface area contributed by atoms with Gasteiger partial charge in [-0.15, -0.1) is 0 Å². The van der Waals surface area contributed by atoms with Crippen LogP contribution in [0.4, 0.5) is 4.79 Å². The van der Waals surface area contributed by atoms with Crippen LogP contribution in [-0.4, -0.2) is 37.2 Å². The van der Waals surface area contributed by atoms with Crippen LogP contribution in [0.1, 0.15) is 31.4 Å². The molecule has 5 nitrogen and oxygen atoms in total. The lowest BCUT2D eigenvalue weighted by atomic mass is 10.0. The lowest BCUT2D eigenvalue weighted by Crippen LogP contribution is -2.47. The van der Waals surface area contributed by atoms with E-state index in [9.17, 15) is 4.79 Å². The first-order chi connectivity index (χ1) is 10.0. The predicted molar refractivity (Wildman–Crippen MR) is 83.7 cm³/mol. The molecule has 0 spiro atoms. The first kappa shape index (κ1) is 15.9. The van der Waals surface area contributed by atoms with E-state index >= 15 is 0 Å². The van der Waals surface area contributed by atoms with Crippen LogP contribution in [0, 0.1) is 0 Å². The molecule has 2 rings (SSSR count). The molecular formula is C15H22ClN3O2. The molecule has 1 heterocycles. The largest absolute Gasteiger partial charge is 0.496 e. The summed E-state index contributed by atoms with van der Waals surface area (Å²) in [5, 5.41) is 4.28. The lowest BCUT2D eigenvalue weighted by Gasteiger charge is -2.33. The Kier molecular flexibility index (Phi) is 5.31. The van der Waals surface area contributed by atoms with Crippen molar-refractivity contribution in [1.82, 2.24) is 10.2 Å².